The van der Waals surface area contributed by atoms with Crippen LogP contribution in [0.25, 0.3) is 0 Å². The van der Waals surface area contributed by atoms with Crippen molar-refractivity contribution in [1.82, 2.24) is 14.3 Å². The minimum absolute atomic E-state index is 0.160. The molecule has 0 saturated heterocycles. The largest absolute Gasteiger partial charge is 0.391 e. The van der Waals surface area contributed by atoms with Crippen molar-refractivity contribution in [3.05, 3.63) is 16.8 Å². The first-order valence-corrected chi connectivity index (χ1v) is 5.45. The Labute approximate surface area is 88.3 Å². The van der Waals surface area contributed by atoms with Crippen LogP contribution in [0.4, 0.5) is 0 Å². The van der Waals surface area contributed by atoms with Gasteiger partial charge in [-0.05, 0) is 18.8 Å². The second-order valence-electron chi connectivity index (χ2n) is 4.32. The Morgan fingerprint density at radius 1 is 1.60 bits per heavy atom. The molecule has 1 atom stereocenters. The quantitative estimate of drug-likeness (QED) is 0.773. The summed E-state index contributed by atoms with van der Waals surface area (Å²) in [5.41, 5.74) is -0.160. The lowest BCUT2D eigenvalue weighted by Gasteiger charge is -2.16. The van der Waals surface area contributed by atoms with Gasteiger partial charge in [-0.25, -0.2) is 9.48 Å². The van der Waals surface area contributed by atoms with Crippen molar-refractivity contribution in [2.24, 2.45) is 13.0 Å². The van der Waals surface area contributed by atoms with Crippen LogP contribution in [0.1, 0.15) is 25.7 Å². The fraction of sp³-hybridized carbons (Fsp3) is 0.800. The van der Waals surface area contributed by atoms with Gasteiger partial charge in [-0.2, -0.15) is 5.10 Å². The zero-order valence-electron chi connectivity index (χ0n) is 8.96. The summed E-state index contributed by atoms with van der Waals surface area (Å²) < 4.78 is 2.75. The molecule has 1 saturated carbocycles. The molecule has 2 rings (SSSR count). The van der Waals surface area contributed by atoms with E-state index < -0.39 is 6.10 Å². The monoisotopic (exact) mass is 211 g/mol. The Hall–Kier alpha value is -1.10. The molecule has 0 radical (unpaired) electrons. The molecule has 1 fully saturated rings. The highest BCUT2D eigenvalue weighted by atomic mass is 16.3. The molecule has 1 aromatic rings. The first-order chi connectivity index (χ1) is 7.18. The van der Waals surface area contributed by atoms with E-state index in [-0.39, 0.29) is 5.69 Å². The molecule has 1 unspecified atom stereocenters. The summed E-state index contributed by atoms with van der Waals surface area (Å²) in [6.07, 6.45) is 5.58. The van der Waals surface area contributed by atoms with Gasteiger partial charge in [-0.3, -0.25) is 4.57 Å². The molecule has 0 aromatic carbocycles. The Kier molecular flexibility index (Phi) is 2.90. The highest BCUT2D eigenvalue weighted by molar-refractivity contribution is 4.76. The summed E-state index contributed by atoms with van der Waals surface area (Å²) >= 11 is 0. The van der Waals surface area contributed by atoms with E-state index in [0.29, 0.717) is 12.5 Å². The fourth-order valence-electron chi connectivity index (χ4n) is 2.21. The van der Waals surface area contributed by atoms with Crippen molar-refractivity contribution in [3.8, 4) is 0 Å². The maximum Gasteiger partial charge on any atom is 0.345 e. The zero-order valence-corrected chi connectivity index (χ0v) is 8.96. The van der Waals surface area contributed by atoms with Gasteiger partial charge in [0.05, 0.1) is 12.6 Å². The zero-order chi connectivity index (χ0) is 10.8. The molecule has 1 aromatic heterocycles. The molecular weight excluding hydrogens is 194 g/mol. The number of aryl methyl sites for hydroxylation is 1. The first-order valence-electron chi connectivity index (χ1n) is 5.45. The van der Waals surface area contributed by atoms with Crippen molar-refractivity contribution >= 4 is 0 Å². The Morgan fingerprint density at radius 3 is 2.80 bits per heavy atom. The van der Waals surface area contributed by atoms with E-state index >= 15 is 0 Å². The molecule has 1 N–H and O–H groups in total. The van der Waals surface area contributed by atoms with Crippen LogP contribution in [-0.4, -0.2) is 25.6 Å². The van der Waals surface area contributed by atoms with E-state index in [2.05, 4.69) is 5.10 Å². The van der Waals surface area contributed by atoms with Crippen LogP contribution in [0.3, 0.4) is 0 Å². The van der Waals surface area contributed by atoms with Gasteiger partial charge in [-0.1, -0.05) is 12.8 Å². The molecule has 0 spiro atoms. The lowest BCUT2D eigenvalue weighted by molar-refractivity contribution is 0.0881. The smallest absolute Gasteiger partial charge is 0.345 e. The van der Waals surface area contributed by atoms with Gasteiger partial charge in [0.1, 0.15) is 6.33 Å². The SMILES string of the molecule is Cn1cnn(CC(O)C2CCCC2)c1=O. The molecule has 84 valence electrons. The van der Waals surface area contributed by atoms with Gasteiger partial charge in [0.25, 0.3) is 0 Å². The third-order valence-corrected chi connectivity index (χ3v) is 3.19. The van der Waals surface area contributed by atoms with Gasteiger partial charge >= 0.3 is 5.69 Å². The molecule has 1 aliphatic rings. The summed E-state index contributed by atoms with van der Waals surface area (Å²) in [4.78, 5) is 11.5. The number of aliphatic hydroxyl groups excluding tert-OH is 1. The predicted molar refractivity (Wildman–Crippen MR) is 55.4 cm³/mol. The van der Waals surface area contributed by atoms with E-state index in [4.69, 9.17) is 0 Å². The maximum absolute atomic E-state index is 11.5. The number of aliphatic hydroxyl groups is 1. The number of rotatable bonds is 3. The van der Waals surface area contributed by atoms with E-state index in [1.165, 1.54) is 28.4 Å². The summed E-state index contributed by atoms with van der Waals surface area (Å²) in [5, 5.41) is 13.9. The van der Waals surface area contributed by atoms with Crippen LogP contribution in [0.5, 0.6) is 0 Å². The van der Waals surface area contributed by atoms with Crippen LogP contribution < -0.4 is 5.69 Å². The van der Waals surface area contributed by atoms with E-state index in [1.54, 1.807) is 7.05 Å². The van der Waals surface area contributed by atoms with Gasteiger partial charge in [0.15, 0.2) is 0 Å². The maximum atomic E-state index is 11.5. The molecule has 1 heterocycles. The lowest BCUT2D eigenvalue weighted by Crippen LogP contribution is -2.31. The topological polar surface area (TPSA) is 60.1 Å². The molecule has 0 bridgehead atoms. The molecule has 15 heavy (non-hydrogen) atoms. The number of aromatic nitrogens is 3. The lowest BCUT2D eigenvalue weighted by atomic mass is 10.0. The highest BCUT2D eigenvalue weighted by Gasteiger charge is 2.24. The minimum atomic E-state index is -0.430. The number of hydrogen-bond donors (Lipinski definition) is 1. The fourth-order valence-corrected chi connectivity index (χ4v) is 2.21. The van der Waals surface area contributed by atoms with Gasteiger partial charge in [0.2, 0.25) is 0 Å². The summed E-state index contributed by atoms with van der Waals surface area (Å²) in [5.74, 6) is 0.346. The third-order valence-electron chi connectivity index (χ3n) is 3.19. The Morgan fingerprint density at radius 2 is 2.27 bits per heavy atom. The average molecular weight is 211 g/mol. The van der Waals surface area contributed by atoms with Crippen molar-refractivity contribution < 1.29 is 5.11 Å². The summed E-state index contributed by atoms with van der Waals surface area (Å²) in [6, 6.07) is 0. The molecule has 5 nitrogen and oxygen atoms in total. The minimum Gasteiger partial charge on any atom is -0.391 e. The van der Waals surface area contributed by atoms with Crippen molar-refractivity contribution in [1.29, 1.82) is 0 Å². The number of hydrogen-bond acceptors (Lipinski definition) is 3. The van der Waals surface area contributed by atoms with E-state index in [9.17, 15) is 9.90 Å². The Balaban J connectivity index is 2.02. The van der Waals surface area contributed by atoms with Crippen LogP contribution in [0.15, 0.2) is 11.1 Å². The third kappa shape index (κ3) is 2.12. The van der Waals surface area contributed by atoms with Gasteiger partial charge < -0.3 is 5.11 Å². The van der Waals surface area contributed by atoms with Crippen molar-refractivity contribution in [2.75, 3.05) is 0 Å². The number of nitrogens with zero attached hydrogens (tertiary/aromatic N) is 3. The van der Waals surface area contributed by atoms with Crippen LogP contribution >= 0.6 is 0 Å². The van der Waals surface area contributed by atoms with Crippen LogP contribution in [0.2, 0.25) is 0 Å². The van der Waals surface area contributed by atoms with Crippen LogP contribution in [-0.2, 0) is 13.6 Å². The van der Waals surface area contributed by atoms with E-state index in [0.717, 1.165) is 12.8 Å². The van der Waals surface area contributed by atoms with Crippen LogP contribution in [0, 0.1) is 5.92 Å². The average Bonchev–Trinajstić information content (AvgIpc) is 2.83. The summed E-state index contributed by atoms with van der Waals surface area (Å²) in [7, 11) is 1.66. The molecule has 1 aliphatic carbocycles. The second-order valence-corrected chi connectivity index (χ2v) is 4.32. The first kappa shape index (κ1) is 10.4. The molecular formula is C10H17N3O2. The molecule has 5 heteroatoms. The van der Waals surface area contributed by atoms with E-state index in [1.807, 2.05) is 0 Å². The highest BCUT2D eigenvalue weighted by Crippen LogP contribution is 2.27. The second kappa shape index (κ2) is 4.18. The standard InChI is InChI=1S/C10H17N3O2/c1-12-7-11-13(10(12)15)6-9(14)8-4-2-3-5-8/h7-9,14H,2-6H2,1H3. The normalized spacial score (nSPS) is 19.6. The van der Waals surface area contributed by atoms with Gasteiger partial charge in [0, 0.05) is 7.05 Å². The predicted octanol–water partition coefficient (Wildman–Crippen LogP) is 0.133. The molecule has 0 aliphatic heterocycles. The molecule has 0 amide bonds. The van der Waals surface area contributed by atoms with Crippen molar-refractivity contribution in [2.45, 2.75) is 38.3 Å². The van der Waals surface area contributed by atoms with Crippen molar-refractivity contribution in [3.63, 3.8) is 0 Å². The summed E-state index contributed by atoms with van der Waals surface area (Å²) in [6.45, 7) is 0.324. The Bertz CT molecular complexity index is 376. The van der Waals surface area contributed by atoms with Gasteiger partial charge in [-0.15, -0.1) is 0 Å².